The molecule has 0 saturated carbocycles. The highest BCUT2D eigenvalue weighted by Crippen LogP contribution is 2.19. The van der Waals surface area contributed by atoms with Gasteiger partial charge in [0.05, 0.1) is 31.0 Å². The topological polar surface area (TPSA) is 62.2 Å². The Morgan fingerprint density at radius 1 is 1.12 bits per heavy atom. The number of nitrogens with zero attached hydrogens (tertiary/aromatic N) is 1. The molecule has 5 nitrogen and oxygen atoms in total. The SMILES string of the molecule is CC(C)(O)C(C)(C)O.[B]c1ccc(OCCCN2CCOCC2)c(C)c1. The second kappa shape index (κ2) is 10.3. The zero-order valence-corrected chi connectivity index (χ0v) is 16.9. The number of ether oxygens (including phenoxy) is 2. The number of benzene rings is 1. The first-order chi connectivity index (χ1) is 12.0. The predicted molar refractivity (Wildman–Crippen MR) is 107 cm³/mol. The maximum atomic E-state index is 9.10. The molecule has 146 valence electrons. The molecule has 26 heavy (non-hydrogen) atoms. The summed E-state index contributed by atoms with van der Waals surface area (Å²) in [6.45, 7) is 14.0. The molecule has 1 aliphatic rings. The van der Waals surface area contributed by atoms with E-state index in [-0.39, 0.29) is 0 Å². The second-order valence-electron chi connectivity index (χ2n) is 7.80. The van der Waals surface area contributed by atoms with E-state index in [1.165, 1.54) is 0 Å². The van der Waals surface area contributed by atoms with Crippen LogP contribution in [0.15, 0.2) is 18.2 Å². The van der Waals surface area contributed by atoms with E-state index < -0.39 is 11.2 Å². The number of aliphatic hydroxyl groups is 2. The van der Waals surface area contributed by atoms with E-state index in [1.54, 1.807) is 27.7 Å². The summed E-state index contributed by atoms with van der Waals surface area (Å²) in [7, 11) is 5.71. The summed E-state index contributed by atoms with van der Waals surface area (Å²) in [5, 5.41) is 18.2. The smallest absolute Gasteiger partial charge is 0.122 e. The van der Waals surface area contributed by atoms with Crippen molar-refractivity contribution in [2.75, 3.05) is 39.5 Å². The van der Waals surface area contributed by atoms with E-state index in [9.17, 15) is 0 Å². The van der Waals surface area contributed by atoms with Crippen molar-refractivity contribution in [3.05, 3.63) is 23.8 Å². The zero-order chi connectivity index (χ0) is 19.8. The van der Waals surface area contributed by atoms with Gasteiger partial charge in [0.15, 0.2) is 0 Å². The molecule has 6 heteroatoms. The van der Waals surface area contributed by atoms with Crippen LogP contribution in [-0.2, 0) is 4.74 Å². The average Bonchev–Trinajstić information content (AvgIpc) is 2.53. The van der Waals surface area contributed by atoms with Crippen LogP contribution in [0.5, 0.6) is 5.75 Å². The first kappa shape index (κ1) is 23.0. The molecule has 1 fully saturated rings. The summed E-state index contributed by atoms with van der Waals surface area (Å²) in [6.07, 6.45) is 1.05. The van der Waals surface area contributed by atoms with Gasteiger partial charge in [0.2, 0.25) is 0 Å². The van der Waals surface area contributed by atoms with Gasteiger partial charge in [-0.25, -0.2) is 0 Å². The summed E-state index contributed by atoms with van der Waals surface area (Å²) in [5.74, 6) is 0.936. The zero-order valence-electron chi connectivity index (χ0n) is 16.9. The van der Waals surface area contributed by atoms with Crippen molar-refractivity contribution in [3.63, 3.8) is 0 Å². The molecule has 1 aromatic carbocycles. The number of hydrogen-bond donors (Lipinski definition) is 2. The Kier molecular flexibility index (Phi) is 9.11. The van der Waals surface area contributed by atoms with Gasteiger partial charge in [-0.3, -0.25) is 4.90 Å². The molecule has 0 atom stereocenters. The van der Waals surface area contributed by atoms with Crippen molar-refractivity contribution in [2.45, 2.75) is 52.2 Å². The Morgan fingerprint density at radius 2 is 1.69 bits per heavy atom. The van der Waals surface area contributed by atoms with Crippen LogP contribution in [0.4, 0.5) is 0 Å². The first-order valence-electron chi connectivity index (χ1n) is 9.24. The first-order valence-corrected chi connectivity index (χ1v) is 9.24. The molecule has 0 bridgehead atoms. The second-order valence-corrected chi connectivity index (χ2v) is 7.80. The molecule has 1 saturated heterocycles. The van der Waals surface area contributed by atoms with Crippen molar-refractivity contribution in [1.29, 1.82) is 0 Å². The van der Waals surface area contributed by atoms with Crippen molar-refractivity contribution in [2.24, 2.45) is 0 Å². The van der Waals surface area contributed by atoms with Gasteiger partial charge in [0, 0.05) is 19.6 Å². The van der Waals surface area contributed by atoms with Gasteiger partial charge in [-0.05, 0) is 52.7 Å². The predicted octanol–water partition coefficient (Wildman–Crippen LogP) is 1.42. The molecule has 0 spiro atoms. The molecule has 1 aliphatic heterocycles. The largest absolute Gasteiger partial charge is 0.493 e. The third-order valence-electron chi connectivity index (χ3n) is 4.68. The van der Waals surface area contributed by atoms with Crippen LogP contribution < -0.4 is 10.2 Å². The summed E-state index contributed by atoms with van der Waals surface area (Å²) < 4.78 is 11.1. The molecular formula is C20H34BNO4. The van der Waals surface area contributed by atoms with Crippen molar-refractivity contribution in [1.82, 2.24) is 4.90 Å². The average molecular weight is 363 g/mol. The molecule has 0 amide bonds. The summed E-state index contributed by atoms with van der Waals surface area (Å²) in [6, 6.07) is 5.76. The fourth-order valence-electron chi connectivity index (χ4n) is 2.13. The monoisotopic (exact) mass is 363 g/mol. The Balaban J connectivity index is 0.000000359. The Hall–Kier alpha value is -1.08. The maximum absolute atomic E-state index is 9.10. The van der Waals surface area contributed by atoms with Gasteiger partial charge in [-0.15, -0.1) is 0 Å². The minimum Gasteiger partial charge on any atom is -0.493 e. The van der Waals surface area contributed by atoms with E-state index in [0.29, 0.717) is 0 Å². The highest BCUT2D eigenvalue weighted by atomic mass is 16.5. The van der Waals surface area contributed by atoms with Crippen molar-refractivity contribution < 1.29 is 19.7 Å². The minimum absolute atomic E-state index is 0.752. The van der Waals surface area contributed by atoms with Crippen LogP contribution in [0, 0.1) is 6.92 Å². The summed E-state index contributed by atoms with van der Waals surface area (Å²) >= 11 is 0. The standard InChI is InChI=1S/C14H20BNO2.C6H14O2/c1-12-11-13(15)3-4-14(12)18-8-2-5-16-6-9-17-10-7-16;1-5(2,7)6(3,4)8/h3-4,11H,2,5-10H2,1H3;7-8H,1-4H3. The van der Waals surface area contributed by atoms with Crippen LogP contribution in [0.2, 0.25) is 0 Å². The minimum atomic E-state index is -1.01. The quantitative estimate of drug-likeness (QED) is 0.591. The van der Waals surface area contributed by atoms with E-state index in [4.69, 9.17) is 27.5 Å². The molecule has 1 heterocycles. The van der Waals surface area contributed by atoms with Crippen molar-refractivity contribution >= 4 is 13.3 Å². The Bertz CT molecular complexity index is 520. The van der Waals surface area contributed by atoms with Crippen LogP contribution in [0.3, 0.4) is 0 Å². The Morgan fingerprint density at radius 3 is 2.19 bits per heavy atom. The number of hydrogen-bond acceptors (Lipinski definition) is 5. The van der Waals surface area contributed by atoms with Crippen LogP contribution in [0.1, 0.15) is 39.7 Å². The molecule has 2 rings (SSSR count). The highest BCUT2D eigenvalue weighted by Gasteiger charge is 2.31. The lowest BCUT2D eigenvalue weighted by molar-refractivity contribution is -0.107. The van der Waals surface area contributed by atoms with Gasteiger partial charge in [-0.1, -0.05) is 17.6 Å². The lowest BCUT2D eigenvalue weighted by Crippen LogP contribution is -2.44. The normalized spacial score (nSPS) is 16.0. The van der Waals surface area contributed by atoms with Crippen molar-refractivity contribution in [3.8, 4) is 5.75 Å². The highest BCUT2D eigenvalue weighted by molar-refractivity contribution is 6.32. The van der Waals surface area contributed by atoms with Gasteiger partial charge in [-0.2, -0.15) is 0 Å². The molecule has 0 aliphatic carbocycles. The van der Waals surface area contributed by atoms with Gasteiger partial charge < -0.3 is 19.7 Å². The van der Waals surface area contributed by atoms with Crippen LogP contribution in [-0.4, -0.2) is 73.6 Å². The van der Waals surface area contributed by atoms with Crippen LogP contribution >= 0.6 is 0 Å². The van der Waals surface area contributed by atoms with E-state index in [0.717, 1.165) is 62.7 Å². The maximum Gasteiger partial charge on any atom is 0.122 e. The molecule has 2 radical (unpaired) electrons. The summed E-state index contributed by atoms with van der Waals surface area (Å²) in [5.41, 5.74) is -0.130. The number of aryl methyl sites for hydroxylation is 1. The summed E-state index contributed by atoms with van der Waals surface area (Å²) in [4.78, 5) is 2.42. The molecule has 2 N–H and O–H groups in total. The van der Waals surface area contributed by atoms with E-state index >= 15 is 0 Å². The fraction of sp³-hybridized carbons (Fsp3) is 0.700. The molecule has 0 unspecified atom stereocenters. The number of rotatable bonds is 6. The van der Waals surface area contributed by atoms with E-state index in [2.05, 4.69) is 4.90 Å². The Labute approximate surface area is 159 Å². The third-order valence-corrected chi connectivity index (χ3v) is 4.68. The van der Waals surface area contributed by atoms with Crippen LogP contribution in [0.25, 0.3) is 0 Å². The molecular weight excluding hydrogens is 329 g/mol. The van der Waals surface area contributed by atoms with Gasteiger partial charge in [0.1, 0.15) is 13.6 Å². The number of morpholine rings is 1. The lowest BCUT2D eigenvalue weighted by atomic mass is 9.90. The third kappa shape index (κ3) is 8.54. The fourth-order valence-corrected chi connectivity index (χ4v) is 2.13. The van der Waals surface area contributed by atoms with Gasteiger partial charge in [0.25, 0.3) is 0 Å². The lowest BCUT2D eigenvalue weighted by Gasteiger charge is -2.31. The van der Waals surface area contributed by atoms with Gasteiger partial charge >= 0.3 is 0 Å². The molecule has 0 aromatic heterocycles. The van der Waals surface area contributed by atoms with E-state index in [1.807, 2.05) is 25.1 Å². The molecule has 1 aromatic rings.